The van der Waals surface area contributed by atoms with E-state index in [9.17, 15) is 14.7 Å². The Hall–Kier alpha value is -1.88. The Balaban J connectivity index is 2.70. The Morgan fingerprint density at radius 1 is 1.33 bits per heavy atom. The van der Waals surface area contributed by atoms with Crippen LogP contribution in [0.5, 0.6) is 0 Å². The third-order valence-electron chi connectivity index (χ3n) is 3.24. The molecule has 1 rings (SSSR count). The molecule has 0 saturated carbocycles. The normalized spacial score (nSPS) is 11.2. The summed E-state index contributed by atoms with van der Waals surface area (Å²) in [6.45, 7) is 3.83. The number of carbonyl (C=O) groups is 2. The van der Waals surface area contributed by atoms with Crippen LogP contribution in [0.15, 0.2) is 24.3 Å². The van der Waals surface area contributed by atoms with Crippen molar-refractivity contribution in [2.45, 2.75) is 38.7 Å². The largest absolute Gasteiger partial charge is 0.390 e. The molecule has 116 valence electrons. The van der Waals surface area contributed by atoms with Gasteiger partial charge in [0.1, 0.15) is 0 Å². The van der Waals surface area contributed by atoms with E-state index < -0.39 is 11.5 Å². The summed E-state index contributed by atoms with van der Waals surface area (Å²) >= 11 is 0. The van der Waals surface area contributed by atoms with Crippen LogP contribution in [0.4, 0.5) is 0 Å². The van der Waals surface area contributed by atoms with Crippen molar-refractivity contribution in [2.75, 3.05) is 13.6 Å². The van der Waals surface area contributed by atoms with Crippen LogP contribution >= 0.6 is 0 Å². The van der Waals surface area contributed by atoms with Gasteiger partial charge in [-0.25, -0.2) is 0 Å². The van der Waals surface area contributed by atoms with E-state index in [1.54, 1.807) is 27.0 Å². The minimum Gasteiger partial charge on any atom is -0.390 e. The molecule has 1 aromatic rings. The number of rotatable bonds is 7. The summed E-state index contributed by atoms with van der Waals surface area (Å²) in [7, 11) is 1.65. The lowest BCUT2D eigenvalue weighted by molar-refractivity contribution is -0.118. The van der Waals surface area contributed by atoms with Gasteiger partial charge in [0.15, 0.2) is 0 Å². The van der Waals surface area contributed by atoms with Gasteiger partial charge in [0.05, 0.1) is 5.60 Å². The molecule has 0 fully saturated rings. The van der Waals surface area contributed by atoms with Crippen molar-refractivity contribution in [3.05, 3.63) is 35.4 Å². The van der Waals surface area contributed by atoms with Gasteiger partial charge >= 0.3 is 0 Å². The van der Waals surface area contributed by atoms with E-state index in [-0.39, 0.29) is 12.3 Å². The van der Waals surface area contributed by atoms with Crippen LogP contribution in [0, 0.1) is 0 Å². The van der Waals surface area contributed by atoms with E-state index >= 15 is 0 Å². The van der Waals surface area contributed by atoms with E-state index in [1.165, 1.54) is 4.90 Å². The smallest absolute Gasteiger partial charge is 0.253 e. The van der Waals surface area contributed by atoms with Crippen LogP contribution in [-0.4, -0.2) is 41.0 Å². The van der Waals surface area contributed by atoms with Crippen LogP contribution < -0.4 is 5.73 Å². The molecule has 0 saturated heterocycles. The summed E-state index contributed by atoms with van der Waals surface area (Å²) in [6, 6.07) is 7.34. The lowest BCUT2D eigenvalue weighted by Crippen LogP contribution is -2.30. The first-order valence-corrected chi connectivity index (χ1v) is 7.04. The van der Waals surface area contributed by atoms with Gasteiger partial charge in [-0.2, -0.15) is 0 Å². The van der Waals surface area contributed by atoms with Gasteiger partial charge in [0, 0.05) is 25.6 Å². The molecular formula is C16H24N2O3. The Morgan fingerprint density at radius 2 is 2.00 bits per heavy atom. The Morgan fingerprint density at radius 3 is 2.57 bits per heavy atom. The maximum absolute atomic E-state index is 12.2. The molecule has 0 aliphatic heterocycles. The molecule has 21 heavy (non-hydrogen) atoms. The third kappa shape index (κ3) is 6.40. The highest BCUT2D eigenvalue weighted by Crippen LogP contribution is 2.15. The molecule has 3 N–H and O–H groups in total. The first kappa shape index (κ1) is 17.2. The zero-order valence-electron chi connectivity index (χ0n) is 12.9. The Labute approximate surface area is 125 Å². The van der Waals surface area contributed by atoms with Gasteiger partial charge in [0.25, 0.3) is 5.91 Å². The third-order valence-corrected chi connectivity index (χ3v) is 3.24. The number of primary amides is 1. The van der Waals surface area contributed by atoms with Crippen LogP contribution in [0.25, 0.3) is 0 Å². The average molecular weight is 292 g/mol. The molecule has 2 amide bonds. The summed E-state index contributed by atoms with van der Waals surface area (Å²) in [5, 5.41) is 9.75. The number of benzene rings is 1. The Bertz CT molecular complexity index is 506. The standard InChI is InChI=1S/C16H24N2O3/c1-16(2,21)9-7-12-5-4-6-13(11-12)15(20)18(3)10-8-14(17)19/h4-6,11,21H,7-10H2,1-3H3,(H2,17,19). The summed E-state index contributed by atoms with van der Waals surface area (Å²) in [5.41, 5.74) is 5.94. The highest BCUT2D eigenvalue weighted by atomic mass is 16.3. The van der Waals surface area contributed by atoms with Gasteiger partial charge in [-0.3, -0.25) is 9.59 Å². The first-order valence-electron chi connectivity index (χ1n) is 7.04. The number of hydrogen-bond acceptors (Lipinski definition) is 3. The second-order valence-electron chi connectivity index (χ2n) is 5.96. The van der Waals surface area contributed by atoms with E-state index in [4.69, 9.17) is 5.73 Å². The van der Waals surface area contributed by atoms with Crippen molar-refractivity contribution in [3.8, 4) is 0 Å². The number of nitrogens with zero attached hydrogens (tertiary/aromatic N) is 1. The average Bonchev–Trinajstić information content (AvgIpc) is 2.41. The SMILES string of the molecule is CN(CCC(N)=O)C(=O)c1cccc(CCC(C)(C)O)c1. The first-order chi connectivity index (χ1) is 9.69. The van der Waals surface area contributed by atoms with E-state index in [0.717, 1.165) is 5.56 Å². The lowest BCUT2D eigenvalue weighted by atomic mass is 9.98. The molecular weight excluding hydrogens is 268 g/mol. The van der Waals surface area contributed by atoms with Crippen LogP contribution in [0.2, 0.25) is 0 Å². The number of amides is 2. The van der Waals surface area contributed by atoms with Gasteiger partial charge in [-0.15, -0.1) is 0 Å². The molecule has 1 aromatic carbocycles. The minimum atomic E-state index is -0.724. The quantitative estimate of drug-likeness (QED) is 0.795. The Kier molecular flexibility index (Phi) is 5.90. The second kappa shape index (κ2) is 7.22. The van der Waals surface area contributed by atoms with Gasteiger partial charge < -0.3 is 15.7 Å². The number of hydrogen-bond donors (Lipinski definition) is 2. The molecule has 0 aromatic heterocycles. The topological polar surface area (TPSA) is 83.6 Å². The van der Waals surface area contributed by atoms with Crippen LogP contribution in [-0.2, 0) is 11.2 Å². The zero-order valence-corrected chi connectivity index (χ0v) is 12.9. The maximum Gasteiger partial charge on any atom is 0.253 e. The van der Waals surface area contributed by atoms with Crippen LogP contribution in [0.1, 0.15) is 42.6 Å². The highest BCUT2D eigenvalue weighted by Gasteiger charge is 2.15. The molecule has 0 spiro atoms. The summed E-state index contributed by atoms with van der Waals surface area (Å²) in [6.07, 6.45) is 1.48. The van der Waals surface area contributed by atoms with Gasteiger partial charge in [0.2, 0.25) is 5.91 Å². The molecule has 0 aliphatic rings. The maximum atomic E-state index is 12.2. The summed E-state index contributed by atoms with van der Waals surface area (Å²) < 4.78 is 0. The number of aryl methyl sites for hydroxylation is 1. The summed E-state index contributed by atoms with van der Waals surface area (Å²) in [4.78, 5) is 24.5. The molecule has 0 heterocycles. The van der Waals surface area contributed by atoms with Crippen molar-refractivity contribution < 1.29 is 14.7 Å². The second-order valence-corrected chi connectivity index (χ2v) is 5.96. The minimum absolute atomic E-state index is 0.138. The van der Waals surface area contributed by atoms with Gasteiger partial charge in [-0.05, 0) is 44.4 Å². The summed E-state index contributed by atoms with van der Waals surface area (Å²) in [5.74, 6) is -0.560. The van der Waals surface area contributed by atoms with E-state index in [2.05, 4.69) is 0 Å². The number of nitrogens with two attached hydrogens (primary N) is 1. The fraction of sp³-hybridized carbons (Fsp3) is 0.500. The van der Waals surface area contributed by atoms with Crippen molar-refractivity contribution in [1.29, 1.82) is 0 Å². The van der Waals surface area contributed by atoms with Gasteiger partial charge in [-0.1, -0.05) is 12.1 Å². The number of carbonyl (C=O) groups excluding carboxylic acids is 2. The van der Waals surface area contributed by atoms with Crippen molar-refractivity contribution >= 4 is 11.8 Å². The predicted octanol–water partition coefficient (Wildman–Crippen LogP) is 1.34. The fourth-order valence-corrected chi connectivity index (χ4v) is 1.91. The number of aliphatic hydroxyl groups is 1. The van der Waals surface area contributed by atoms with Crippen LogP contribution in [0.3, 0.4) is 0 Å². The molecule has 0 bridgehead atoms. The lowest BCUT2D eigenvalue weighted by Gasteiger charge is -2.18. The fourth-order valence-electron chi connectivity index (χ4n) is 1.91. The zero-order chi connectivity index (χ0) is 16.0. The molecule has 0 radical (unpaired) electrons. The molecule has 0 unspecified atom stereocenters. The van der Waals surface area contributed by atoms with E-state index in [0.29, 0.717) is 24.9 Å². The van der Waals surface area contributed by atoms with Crippen molar-refractivity contribution in [3.63, 3.8) is 0 Å². The molecule has 5 nitrogen and oxygen atoms in total. The monoisotopic (exact) mass is 292 g/mol. The predicted molar refractivity (Wildman–Crippen MR) is 81.8 cm³/mol. The van der Waals surface area contributed by atoms with E-state index in [1.807, 2.05) is 18.2 Å². The molecule has 5 heteroatoms. The molecule has 0 aliphatic carbocycles. The highest BCUT2D eigenvalue weighted by molar-refractivity contribution is 5.94. The van der Waals surface area contributed by atoms with Crippen molar-refractivity contribution in [2.24, 2.45) is 5.73 Å². The van der Waals surface area contributed by atoms with Crippen molar-refractivity contribution in [1.82, 2.24) is 4.90 Å². The molecule has 0 atom stereocenters.